The Bertz CT molecular complexity index is 1370. The van der Waals surface area contributed by atoms with Gasteiger partial charge in [0, 0.05) is 36.4 Å². The Balaban J connectivity index is 1.84. The van der Waals surface area contributed by atoms with Gasteiger partial charge >= 0.3 is 5.97 Å². The Kier molecular flexibility index (Phi) is 10.2. The number of carboxylic acid groups (broad SMARTS) is 1. The first-order chi connectivity index (χ1) is 19.0. The molecule has 0 radical (unpaired) electrons. The molecule has 3 atom stereocenters. The second-order valence-electron chi connectivity index (χ2n) is 9.28. The predicted octanol–water partition coefficient (Wildman–Crippen LogP) is -0.578. The van der Waals surface area contributed by atoms with Gasteiger partial charge in [-0.05, 0) is 35.7 Å². The number of amides is 4. The molecule has 212 valence electrons. The molecule has 0 saturated heterocycles. The number of aromatic hydroxyl groups is 1. The quantitative estimate of drug-likeness (QED) is 0.129. The number of hydrogen-bond acceptors (Lipinski definition) is 7. The van der Waals surface area contributed by atoms with Crippen molar-refractivity contribution in [1.29, 1.82) is 0 Å². The molecule has 0 aliphatic carbocycles. The van der Waals surface area contributed by atoms with E-state index in [1.807, 2.05) is 24.3 Å². The van der Waals surface area contributed by atoms with E-state index in [0.717, 1.165) is 10.9 Å². The van der Waals surface area contributed by atoms with Crippen molar-refractivity contribution in [3.63, 3.8) is 0 Å². The smallest absolute Gasteiger partial charge is 0.322 e. The molecule has 13 nitrogen and oxygen atoms in total. The summed E-state index contributed by atoms with van der Waals surface area (Å²) in [7, 11) is 0. The number of phenolic OH excluding ortho intramolecular Hbond substituents is 1. The molecule has 40 heavy (non-hydrogen) atoms. The minimum Gasteiger partial charge on any atom is -0.508 e. The molecule has 4 amide bonds. The van der Waals surface area contributed by atoms with Crippen LogP contribution in [0.25, 0.3) is 10.9 Å². The molecular weight excluding hydrogens is 520 g/mol. The van der Waals surface area contributed by atoms with Gasteiger partial charge < -0.3 is 42.6 Å². The van der Waals surface area contributed by atoms with Gasteiger partial charge in [-0.25, -0.2) is 0 Å². The lowest BCUT2D eigenvalue weighted by Crippen LogP contribution is -2.57. The van der Waals surface area contributed by atoms with E-state index in [4.69, 9.17) is 16.6 Å². The molecule has 0 fully saturated rings. The molecule has 10 N–H and O–H groups in total. The number of rotatable bonds is 14. The summed E-state index contributed by atoms with van der Waals surface area (Å²) in [6, 6.07) is 9.82. The highest BCUT2D eigenvalue weighted by atomic mass is 16.4. The number of hydrogen-bond donors (Lipinski definition) is 8. The monoisotopic (exact) mass is 552 g/mol. The average molecular weight is 553 g/mol. The number of phenols is 1. The fourth-order valence-corrected chi connectivity index (χ4v) is 4.07. The van der Waals surface area contributed by atoms with Crippen LogP contribution in [0.3, 0.4) is 0 Å². The summed E-state index contributed by atoms with van der Waals surface area (Å²) in [4.78, 5) is 64.4. The molecule has 3 rings (SSSR count). The molecule has 1 aromatic heterocycles. The minimum atomic E-state index is -1.26. The molecule has 0 aliphatic heterocycles. The van der Waals surface area contributed by atoms with Crippen LogP contribution in [0.2, 0.25) is 0 Å². The maximum Gasteiger partial charge on any atom is 0.322 e. The number of H-pyrrole nitrogens is 1. The highest BCUT2D eigenvalue weighted by Crippen LogP contribution is 2.19. The Morgan fingerprint density at radius 1 is 0.875 bits per heavy atom. The van der Waals surface area contributed by atoms with Gasteiger partial charge in [-0.1, -0.05) is 30.3 Å². The molecule has 3 unspecified atom stereocenters. The zero-order chi connectivity index (χ0) is 29.2. The molecule has 1 heterocycles. The van der Waals surface area contributed by atoms with Crippen LogP contribution < -0.4 is 27.4 Å². The van der Waals surface area contributed by atoms with Crippen LogP contribution in [-0.2, 0) is 36.8 Å². The standard InChI is InChI=1S/C27H32N6O7/c28-19(9-10-23(29)35)25(38)32-21(11-15-5-7-17(34)8-6-15)27(40)33-22(26(39)31-14-24(36)37)12-16-13-30-20-4-2-1-3-18(16)20/h1-8,13,19,21-22,30,34H,9-12,14,28H2,(H2,29,35)(H,31,39)(H,32,38)(H,33,40)(H,36,37). The van der Waals surface area contributed by atoms with Crippen molar-refractivity contribution in [2.75, 3.05) is 6.54 Å². The molecule has 0 saturated carbocycles. The Labute approximate surface area is 229 Å². The summed E-state index contributed by atoms with van der Waals surface area (Å²) in [6.07, 6.45) is 1.55. The van der Waals surface area contributed by atoms with Gasteiger partial charge in [-0.15, -0.1) is 0 Å². The third kappa shape index (κ3) is 8.56. The van der Waals surface area contributed by atoms with E-state index in [-0.39, 0.29) is 31.4 Å². The fourth-order valence-electron chi connectivity index (χ4n) is 4.07. The van der Waals surface area contributed by atoms with Crippen molar-refractivity contribution in [3.8, 4) is 5.75 Å². The van der Waals surface area contributed by atoms with Crippen LogP contribution in [0.4, 0.5) is 0 Å². The van der Waals surface area contributed by atoms with Gasteiger partial charge in [-0.2, -0.15) is 0 Å². The van der Waals surface area contributed by atoms with E-state index in [0.29, 0.717) is 11.1 Å². The first kappa shape index (κ1) is 29.6. The van der Waals surface area contributed by atoms with Gasteiger partial charge in [0.1, 0.15) is 24.4 Å². The number of aromatic nitrogens is 1. The Morgan fingerprint density at radius 2 is 1.52 bits per heavy atom. The third-order valence-corrected chi connectivity index (χ3v) is 6.19. The van der Waals surface area contributed by atoms with Gasteiger partial charge in [0.05, 0.1) is 6.04 Å². The van der Waals surface area contributed by atoms with Crippen molar-refractivity contribution >= 4 is 40.5 Å². The number of fused-ring (bicyclic) bond motifs is 1. The summed E-state index contributed by atoms with van der Waals surface area (Å²) in [5.74, 6) is -4.03. The van der Waals surface area contributed by atoms with E-state index in [2.05, 4.69) is 20.9 Å². The third-order valence-electron chi connectivity index (χ3n) is 6.19. The maximum absolute atomic E-state index is 13.5. The summed E-state index contributed by atoms with van der Waals surface area (Å²) in [5.41, 5.74) is 13.1. The molecular formula is C27H32N6O7. The number of nitrogens with one attached hydrogen (secondary N) is 4. The summed E-state index contributed by atoms with van der Waals surface area (Å²) < 4.78 is 0. The molecule has 0 bridgehead atoms. The topological polar surface area (TPSA) is 230 Å². The number of aromatic amines is 1. The largest absolute Gasteiger partial charge is 0.508 e. The zero-order valence-corrected chi connectivity index (χ0v) is 21.6. The van der Waals surface area contributed by atoms with Crippen LogP contribution >= 0.6 is 0 Å². The lowest BCUT2D eigenvalue weighted by atomic mass is 10.0. The predicted molar refractivity (Wildman–Crippen MR) is 145 cm³/mol. The number of carboxylic acids is 1. The van der Waals surface area contributed by atoms with E-state index in [1.165, 1.54) is 12.1 Å². The van der Waals surface area contributed by atoms with Gasteiger partial charge in [0.2, 0.25) is 23.6 Å². The SMILES string of the molecule is NC(=O)CCC(N)C(=O)NC(Cc1ccc(O)cc1)C(=O)NC(Cc1c[nH]c2ccccc12)C(=O)NCC(=O)O. The maximum atomic E-state index is 13.5. The van der Waals surface area contributed by atoms with Crippen LogP contribution in [0.5, 0.6) is 5.75 Å². The molecule has 3 aromatic rings. The summed E-state index contributed by atoms with van der Waals surface area (Å²) in [5, 5.41) is 26.9. The Hall–Kier alpha value is -4.91. The van der Waals surface area contributed by atoms with E-state index < -0.39 is 54.3 Å². The van der Waals surface area contributed by atoms with Gasteiger partial charge in [-0.3, -0.25) is 24.0 Å². The molecule has 0 spiro atoms. The first-order valence-corrected chi connectivity index (χ1v) is 12.5. The second kappa shape index (κ2) is 13.8. The molecule has 13 heteroatoms. The highest BCUT2D eigenvalue weighted by molar-refractivity contribution is 5.94. The van der Waals surface area contributed by atoms with Crippen molar-refractivity contribution in [1.82, 2.24) is 20.9 Å². The zero-order valence-electron chi connectivity index (χ0n) is 21.6. The number of primary amides is 1. The van der Waals surface area contributed by atoms with E-state index in [9.17, 15) is 29.1 Å². The number of para-hydroxylation sites is 1. The second-order valence-corrected chi connectivity index (χ2v) is 9.28. The molecule has 2 aromatic carbocycles. The van der Waals surface area contributed by atoms with Crippen molar-refractivity contribution in [2.24, 2.45) is 11.5 Å². The first-order valence-electron chi connectivity index (χ1n) is 12.5. The normalized spacial score (nSPS) is 13.1. The van der Waals surface area contributed by atoms with Crippen molar-refractivity contribution in [2.45, 2.75) is 43.8 Å². The number of aliphatic carboxylic acids is 1. The number of nitrogens with two attached hydrogens (primary N) is 2. The van der Waals surface area contributed by atoms with Crippen LogP contribution in [0, 0.1) is 0 Å². The van der Waals surface area contributed by atoms with Crippen LogP contribution in [0.1, 0.15) is 24.0 Å². The minimum absolute atomic E-state index is 0.0103. The lowest BCUT2D eigenvalue weighted by molar-refractivity contribution is -0.138. The fraction of sp³-hybridized carbons (Fsp3) is 0.296. The highest BCUT2D eigenvalue weighted by Gasteiger charge is 2.29. The van der Waals surface area contributed by atoms with Crippen molar-refractivity contribution in [3.05, 3.63) is 65.9 Å². The average Bonchev–Trinajstić information content (AvgIpc) is 3.33. The van der Waals surface area contributed by atoms with E-state index >= 15 is 0 Å². The number of carbonyl (C=O) groups excluding carboxylic acids is 4. The Morgan fingerprint density at radius 3 is 2.20 bits per heavy atom. The lowest BCUT2D eigenvalue weighted by Gasteiger charge is -2.24. The molecule has 0 aliphatic rings. The number of benzene rings is 2. The van der Waals surface area contributed by atoms with Crippen LogP contribution in [0.15, 0.2) is 54.7 Å². The van der Waals surface area contributed by atoms with E-state index in [1.54, 1.807) is 18.3 Å². The number of carbonyl (C=O) groups is 5. The summed E-state index contributed by atoms with van der Waals surface area (Å²) in [6.45, 7) is -0.651. The van der Waals surface area contributed by atoms with Crippen molar-refractivity contribution < 1.29 is 34.2 Å². The van der Waals surface area contributed by atoms with Crippen LogP contribution in [-0.4, -0.2) is 69.5 Å². The summed E-state index contributed by atoms with van der Waals surface area (Å²) >= 11 is 0. The van der Waals surface area contributed by atoms with Gasteiger partial charge in [0.25, 0.3) is 0 Å². The van der Waals surface area contributed by atoms with Gasteiger partial charge in [0.15, 0.2) is 0 Å².